The van der Waals surface area contributed by atoms with Gasteiger partial charge in [-0.3, -0.25) is 3.11 Å². The fourth-order valence-corrected chi connectivity index (χ4v) is 7.57. The molecule has 0 radical (unpaired) electrons. The Hall–Kier alpha value is -4.15. The zero-order chi connectivity index (χ0) is 26.0. The van der Waals surface area contributed by atoms with Crippen LogP contribution in [0.1, 0.15) is 22.3 Å². The van der Waals surface area contributed by atoms with Gasteiger partial charge in [0, 0.05) is 5.56 Å². The Morgan fingerprint density at radius 1 is 0.410 bits per heavy atom. The molecule has 0 atom stereocenters. The van der Waals surface area contributed by atoms with E-state index in [-0.39, 0.29) is 5.41 Å². The fraction of sp³-hybridized carbons (Fsp3) is 0.0270. The van der Waals surface area contributed by atoms with Crippen LogP contribution >= 0.6 is 22.9 Å². The third kappa shape index (κ3) is 3.12. The molecule has 0 N–H and O–H groups in total. The van der Waals surface area contributed by atoms with E-state index in [1.807, 2.05) is 0 Å². The van der Waals surface area contributed by atoms with Gasteiger partial charge in [0.15, 0.2) is 0 Å². The molecular formula is C37H24IN. The zero-order valence-corrected chi connectivity index (χ0v) is 23.3. The number of rotatable bonds is 3. The third-order valence-electron chi connectivity index (χ3n) is 8.41. The van der Waals surface area contributed by atoms with Gasteiger partial charge in [0.2, 0.25) is 0 Å². The van der Waals surface area contributed by atoms with Crippen molar-refractivity contribution in [1.82, 2.24) is 0 Å². The molecule has 8 rings (SSSR count). The maximum atomic E-state index is 2.48. The van der Waals surface area contributed by atoms with E-state index in [0.29, 0.717) is 0 Å². The van der Waals surface area contributed by atoms with Crippen molar-refractivity contribution in [3.8, 4) is 33.4 Å². The summed E-state index contributed by atoms with van der Waals surface area (Å²) in [4.78, 5) is 0. The van der Waals surface area contributed by atoms with Gasteiger partial charge in [-0.2, -0.15) is 0 Å². The number of hydrogen-bond donors (Lipinski definition) is 0. The molecule has 0 fully saturated rings. The first-order valence-corrected chi connectivity index (χ1v) is 14.3. The average Bonchev–Trinajstić information content (AvgIpc) is 3.48. The second-order valence-electron chi connectivity index (χ2n) is 10.3. The largest absolute Gasteiger partial charge is 0.282 e. The fourth-order valence-electron chi connectivity index (χ4n) is 6.85. The van der Waals surface area contributed by atoms with Gasteiger partial charge < -0.3 is 0 Å². The van der Waals surface area contributed by atoms with Gasteiger partial charge in [-0.05, 0) is 68.3 Å². The van der Waals surface area contributed by atoms with Gasteiger partial charge in [-0.15, -0.1) is 0 Å². The molecule has 0 amide bonds. The molecule has 0 aliphatic heterocycles. The van der Waals surface area contributed by atoms with Gasteiger partial charge in [0.1, 0.15) is 0 Å². The molecule has 0 bridgehead atoms. The highest BCUT2D eigenvalue weighted by molar-refractivity contribution is 14.1. The summed E-state index contributed by atoms with van der Waals surface area (Å²) < 4.78 is 2.31. The molecule has 2 heteroatoms. The molecule has 184 valence electrons. The van der Waals surface area contributed by atoms with Crippen molar-refractivity contribution >= 4 is 34.2 Å². The van der Waals surface area contributed by atoms with Crippen LogP contribution in [0.25, 0.3) is 33.4 Å². The van der Waals surface area contributed by atoms with Crippen LogP contribution in [0.4, 0.5) is 11.4 Å². The van der Waals surface area contributed by atoms with Crippen molar-refractivity contribution in [2.75, 3.05) is 3.11 Å². The summed E-state index contributed by atoms with van der Waals surface area (Å²) in [5.41, 5.74) is 15.3. The van der Waals surface area contributed by atoms with Gasteiger partial charge in [-0.1, -0.05) is 127 Å². The number of anilines is 2. The van der Waals surface area contributed by atoms with Crippen LogP contribution in [-0.4, -0.2) is 0 Å². The number of nitrogens with zero attached hydrogens (tertiary/aromatic N) is 1. The van der Waals surface area contributed by atoms with Crippen LogP contribution in [-0.2, 0) is 5.41 Å². The van der Waals surface area contributed by atoms with Gasteiger partial charge >= 0.3 is 0 Å². The lowest BCUT2D eigenvalue weighted by Crippen LogP contribution is -2.26. The number of halogens is 1. The van der Waals surface area contributed by atoms with E-state index in [9.17, 15) is 0 Å². The smallest absolute Gasteiger partial charge is 0.0726 e. The Labute approximate surface area is 242 Å². The van der Waals surface area contributed by atoms with Crippen LogP contribution in [0, 0.1) is 0 Å². The van der Waals surface area contributed by atoms with E-state index in [1.54, 1.807) is 0 Å². The first-order chi connectivity index (χ1) is 19.3. The summed E-state index contributed by atoms with van der Waals surface area (Å²) in [6, 6.07) is 53.3. The van der Waals surface area contributed by atoms with E-state index in [1.165, 1.54) is 67.0 Å². The van der Waals surface area contributed by atoms with Crippen molar-refractivity contribution in [2.24, 2.45) is 0 Å². The Morgan fingerprint density at radius 3 is 1.46 bits per heavy atom. The summed E-state index contributed by atoms with van der Waals surface area (Å²) in [6.07, 6.45) is 0. The number of para-hydroxylation sites is 1. The maximum absolute atomic E-state index is 2.48. The van der Waals surface area contributed by atoms with Gasteiger partial charge in [-0.25, -0.2) is 0 Å². The number of fused-ring (bicyclic) bond motifs is 10. The molecule has 0 saturated heterocycles. The molecule has 0 aromatic heterocycles. The summed E-state index contributed by atoms with van der Waals surface area (Å²) in [6.45, 7) is 0. The number of benzene rings is 6. The quantitative estimate of drug-likeness (QED) is 0.142. The molecule has 6 aromatic carbocycles. The summed E-state index contributed by atoms with van der Waals surface area (Å²) in [5, 5.41) is 0. The highest BCUT2D eigenvalue weighted by Crippen LogP contribution is 2.63. The standard InChI is InChI=1S/C37H24IN/c38-39(36-21-11-7-14-27(36)25-12-2-1-3-13-25)26-22-23-31-30-17-6-10-20-34(30)37(35(31)24-26)32-18-8-4-15-28(32)29-16-5-9-19-33(29)37/h1-24H. The second kappa shape index (κ2) is 8.69. The van der Waals surface area contributed by atoms with Crippen molar-refractivity contribution in [3.63, 3.8) is 0 Å². The Morgan fingerprint density at radius 2 is 0.872 bits per heavy atom. The lowest BCUT2D eigenvalue weighted by Gasteiger charge is -2.31. The first kappa shape index (κ1) is 22.8. The van der Waals surface area contributed by atoms with Crippen molar-refractivity contribution in [1.29, 1.82) is 0 Å². The Kier molecular flexibility index (Phi) is 5.08. The molecule has 2 aliphatic rings. The molecule has 0 heterocycles. The monoisotopic (exact) mass is 609 g/mol. The third-order valence-corrected chi connectivity index (χ3v) is 9.48. The molecule has 6 aromatic rings. The van der Waals surface area contributed by atoms with Crippen molar-refractivity contribution in [3.05, 3.63) is 168 Å². The van der Waals surface area contributed by atoms with Crippen molar-refractivity contribution in [2.45, 2.75) is 5.41 Å². The summed E-state index contributed by atoms with van der Waals surface area (Å²) in [5.74, 6) is 0. The van der Waals surface area contributed by atoms with E-state index in [0.717, 1.165) is 0 Å². The highest BCUT2D eigenvalue weighted by atomic mass is 127. The SMILES string of the molecule is IN(c1ccc2c(c1)C1(c3ccccc3-c3ccccc31)c1ccccc1-2)c1ccccc1-c1ccccc1. The molecule has 2 aliphatic carbocycles. The van der Waals surface area contributed by atoms with Crippen LogP contribution in [0.15, 0.2) is 146 Å². The minimum absolute atomic E-state index is 0.328. The van der Waals surface area contributed by atoms with Gasteiger partial charge in [0.05, 0.1) is 39.7 Å². The summed E-state index contributed by atoms with van der Waals surface area (Å²) in [7, 11) is 0. The summed E-state index contributed by atoms with van der Waals surface area (Å²) >= 11 is 2.48. The van der Waals surface area contributed by atoms with Crippen LogP contribution in [0.3, 0.4) is 0 Å². The van der Waals surface area contributed by atoms with Gasteiger partial charge in [0.25, 0.3) is 0 Å². The lowest BCUT2D eigenvalue weighted by molar-refractivity contribution is 0.794. The molecule has 0 saturated carbocycles. The first-order valence-electron chi connectivity index (χ1n) is 13.3. The highest BCUT2D eigenvalue weighted by Gasteiger charge is 2.51. The lowest BCUT2D eigenvalue weighted by atomic mass is 9.70. The minimum atomic E-state index is -0.328. The molecule has 0 unspecified atom stereocenters. The topological polar surface area (TPSA) is 3.24 Å². The minimum Gasteiger partial charge on any atom is -0.282 e. The van der Waals surface area contributed by atoms with Crippen molar-refractivity contribution < 1.29 is 0 Å². The van der Waals surface area contributed by atoms with Crippen LogP contribution < -0.4 is 3.11 Å². The molecule has 1 spiro atoms. The Bertz CT molecular complexity index is 1820. The number of hydrogen-bond acceptors (Lipinski definition) is 1. The molecular weight excluding hydrogens is 585 g/mol. The van der Waals surface area contributed by atoms with Crippen LogP contribution in [0.5, 0.6) is 0 Å². The zero-order valence-electron chi connectivity index (χ0n) is 21.2. The molecule has 39 heavy (non-hydrogen) atoms. The second-order valence-corrected chi connectivity index (χ2v) is 11.2. The predicted molar refractivity (Wildman–Crippen MR) is 171 cm³/mol. The normalized spacial score (nSPS) is 13.5. The van der Waals surface area contributed by atoms with Crippen LogP contribution in [0.2, 0.25) is 0 Å². The molecule has 1 nitrogen and oxygen atoms in total. The predicted octanol–water partition coefficient (Wildman–Crippen LogP) is 10.2. The van der Waals surface area contributed by atoms with E-state index >= 15 is 0 Å². The van der Waals surface area contributed by atoms with E-state index in [4.69, 9.17) is 0 Å². The van der Waals surface area contributed by atoms with E-state index < -0.39 is 0 Å². The average molecular weight is 610 g/mol. The van der Waals surface area contributed by atoms with E-state index in [2.05, 4.69) is 172 Å². The Balaban J connectivity index is 1.38. The maximum Gasteiger partial charge on any atom is 0.0726 e.